The van der Waals surface area contributed by atoms with Crippen molar-refractivity contribution >= 4 is 23.1 Å². The number of rotatable bonds is 5. The number of aryl methyl sites for hydroxylation is 1. The molecule has 0 unspecified atom stereocenters. The molecule has 1 rings (SSSR count). The number of halogens is 3. The molecule has 94 valence electrons. The van der Waals surface area contributed by atoms with Crippen LogP contribution in [0.3, 0.4) is 0 Å². The molecule has 0 aromatic carbocycles. The smallest absolute Gasteiger partial charge is 0.455 e. The molecular weight excluding hydrogens is 257 g/mol. The van der Waals surface area contributed by atoms with Gasteiger partial charge in [-0.2, -0.15) is 13.2 Å². The Balaban J connectivity index is 2.60. The van der Waals surface area contributed by atoms with E-state index in [1.54, 1.807) is 0 Å². The molecule has 0 aliphatic carbocycles. The van der Waals surface area contributed by atoms with E-state index >= 15 is 0 Å². The van der Waals surface area contributed by atoms with Gasteiger partial charge in [0.25, 0.3) is 5.78 Å². The maximum absolute atomic E-state index is 12.1. The Morgan fingerprint density at radius 2 is 1.94 bits per heavy atom. The average Bonchev–Trinajstić information content (AvgIpc) is 2.63. The summed E-state index contributed by atoms with van der Waals surface area (Å²) in [5, 5.41) is 8.39. The number of carbonyl (C=O) groups is 2. The Morgan fingerprint density at radius 3 is 2.47 bits per heavy atom. The molecule has 0 saturated carbocycles. The van der Waals surface area contributed by atoms with Crippen molar-refractivity contribution < 1.29 is 27.9 Å². The average molecular weight is 266 g/mol. The molecule has 7 heteroatoms. The van der Waals surface area contributed by atoms with Gasteiger partial charge in [-0.05, 0) is 25.0 Å². The van der Waals surface area contributed by atoms with Gasteiger partial charge in [-0.25, -0.2) is 0 Å². The van der Waals surface area contributed by atoms with E-state index in [4.69, 9.17) is 5.11 Å². The Hall–Kier alpha value is -1.37. The number of aliphatic carboxylic acids is 1. The molecular formula is C10H9F3O3S. The monoisotopic (exact) mass is 266 g/mol. The second-order valence-corrected chi connectivity index (χ2v) is 4.51. The minimum Gasteiger partial charge on any atom is -0.481 e. The van der Waals surface area contributed by atoms with Crippen LogP contribution in [0.25, 0.3) is 0 Å². The van der Waals surface area contributed by atoms with Gasteiger partial charge in [0, 0.05) is 11.3 Å². The zero-order chi connectivity index (χ0) is 13.1. The highest BCUT2D eigenvalue weighted by molar-refractivity contribution is 7.14. The second kappa shape index (κ2) is 5.31. The predicted octanol–water partition coefficient (Wildman–Crippen LogP) is 2.90. The molecule has 0 aliphatic rings. The predicted molar refractivity (Wildman–Crippen MR) is 55.3 cm³/mol. The molecule has 0 saturated heterocycles. The lowest BCUT2D eigenvalue weighted by atomic mass is 10.2. The SMILES string of the molecule is O=C(O)CCCc1ccc(C(=O)C(F)(F)F)s1. The Bertz CT molecular complexity index is 423. The molecule has 0 bridgehead atoms. The largest absolute Gasteiger partial charge is 0.481 e. The summed E-state index contributed by atoms with van der Waals surface area (Å²) in [6.45, 7) is 0. The Morgan fingerprint density at radius 1 is 1.29 bits per heavy atom. The molecule has 0 aliphatic heterocycles. The fourth-order valence-electron chi connectivity index (χ4n) is 1.19. The summed E-state index contributed by atoms with van der Waals surface area (Å²) in [4.78, 5) is 21.3. The van der Waals surface area contributed by atoms with E-state index in [0.29, 0.717) is 17.7 Å². The van der Waals surface area contributed by atoms with Gasteiger partial charge in [0.05, 0.1) is 4.88 Å². The molecule has 1 heterocycles. The summed E-state index contributed by atoms with van der Waals surface area (Å²) in [5.74, 6) is -2.81. The van der Waals surface area contributed by atoms with E-state index < -0.39 is 17.9 Å². The molecule has 3 nitrogen and oxygen atoms in total. The van der Waals surface area contributed by atoms with E-state index in [0.717, 1.165) is 17.4 Å². The maximum Gasteiger partial charge on any atom is 0.455 e. The molecule has 1 aromatic heterocycles. The lowest BCUT2D eigenvalue weighted by Gasteiger charge is -2.01. The Kier molecular flexibility index (Phi) is 4.28. The van der Waals surface area contributed by atoms with Crippen molar-refractivity contribution in [3.63, 3.8) is 0 Å². The summed E-state index contributed by atoms with van der Waals surface area (Å²) in [7, 11) is 0. The molecule has 1 aromatic rings. The van der Waals surface area contributed by atoms with Gasteiger partial charge in [0.2, 0.25) is 0 Å². The number of thiophene rings is 1. The van der Waals surface area contributed by atoms with E-state index in [2.05, 4.69) is 0 Å². The first kappa shape index (κ1) is 13.7. The van der Waals surface area contributed by atoms with Crippen LogP contribution in [0.5, 0.6) is 0 Å². The normalized spacial score (nSPS) is 11.5. The van der Waals surface area contributed by atoms with Gasteiger partial charge in [-0.3, -0.25) is 9.59 Å². The number of hydrogen-bond acceptors (Lipinski definition) is 3. The number of alkyl halides is 3. The molecule has 0 spiro atoms. The van der Waals surface area contributed by atoms with Crippen molar-refractivity contribution in [2.75, 3.05) is 0 Å². The second-order valence-electron chi connectivity index (χ2n) is 3.34. The van der Waals surface area contributed by atoms with Gasteiger partial charge in [0.15, 0.2) is 0 Å². The van der Waals surface area contributed by atoms with Crippen LogP contribution in [0.1, 0.15) is 27.4 Å². The number of hydrogen-bond donors (Lipinski definition) is 1. The molecule has 0 amide bonds. The van der Waals surface area contributed by atoms with E-state index in [-0.39, 0.29) is 11.3 Å². The fraction of sp³-hybridized carbons (Fsp3) is 0.400. The number of Topliss-reactive ketones (excluding diaryl/α,β-unsaturated/α-hetero) is 1. The summed E-state index contributed by atoms with van der Waals surface area (Å²) >= 11 is 0.757. The van der Waals surface area contributed by atoms with Crippen molar-refractivity contribution in [2.45, 2.75) is 25.4 Å². The number of carboxylic acid groups (broad SMARTS) is 1. The highest BCUT2D eigenvalue weighted by Gasteiger charge is 2.40. The molecule has 0 atom stereocenters. The van der Waals surface area contributed by atoms with Crippen LogP contribution in [0.2, 0.25) is 0 Å². The quantitative estimate of drug-likeness (QED) is 0.834. The van der Waals surface area contributed by atoms with Gasteiger partial charge in [-0.1, -0.05) is 0 Å². The minimum atomic E-state index is -4.86. The van der Waals surface area contributed by atoms with Crippen LogP contribution in [0.4, 0.5) is 13.2 Å². The van der Waals surface area contributed by atoms with E-state index in [1.165, 1.54) is 6.07 Å². The third-order valence-electron chi connectivity index (χ3n) is 1.96. The standard InChI is InChI=1S/C10H9F3O3S/c11-10(12,13)9(16)7-5-4-6(17-7)2-1-3-8(14)15/h4-5H,1-3H2,(H,14,15). The van der Waals surface area contributed by atoms with Crippen LogP contribution in [0.15, 0.2) is 12.1 Å². The van der Waals surface area contributed by atoms with Crippen LogP contribution in [-0.2, 0) is 11.2 Å². The highest BCUT2D eigenvalue weighted by Crippen LogP contribution is 2.27. The van der Waals surface area contributed by atoms with Gasteiger partial charge >= 0.3 is 12.1 Å². The van der Waals surface area contributed by atoms with Gasteiger partial charge in [-0.15, -0.1) is 11.3 Å². The van der Waals surface area contributed by atoms with Crippen LogP contribution in [0, 0.1) is 0 Å². The van der Waals surface area contributed by atoms with Crippen molar-refractivity contribution in [3.05, 3.63) is 21.9 Å². The van der Waals surface area contributed by atoms with Crippen LogP contribution in [-0.4, -0.2) is 23.0 Å². The topological polar surface area (TPSA) is 54.4 Å². The minimum absolute atomic E-state index is 0.0412. The molecule has 0 radical (unpaired) electrons. The third-order valence-corrected chi connectivity index (χ3v) is 3.10. The summed E-state index contributed by atoms with van der Waals surface area (Å²) in [5.41, 5.74) is 0. The molecule has 17 heavy (non-hydrogen) atoms. The highest BCUT2D eigenvalue weighted by atomic mass is 32.1. The van der Waals surface area contributed by atoms with Gasteiger partial charge in [0.1, 0.15) is 0 Å². The summed E-state index contributed by atoms with van der Waals surface area (Å²) in [6, 6.07) is 2.54. The number of ketones is 1. The van der Waals surface area contributed by atoms with E-state index in [1.807, 2.05) is 0 Å². The van der Waals surface area contributed by atoms with Crippen molar-refractivity contribution in [2.24, 2.45) is 0 Å². The molecule has 0 fully saturated rings. The number of carboxylic acids is 1. The zero-order valence-corrected chi connectivity index (χ0v) is 9.40. The fourth-order valence-corrected chi connectivity index (χ4v) is 2.20. The van der Waals surface area contributed by atoms with Gasteiger partial charge < -0.3 is 5.11 Å². The first-order valence-electron chi connectivity index (χ1n) is 4.72. The summed E-state index contributed by atoms with van der Waals surface area (Å²) in [6.07, 6.45) is -4.19. The van der Waals surface area contributed by atoms with Crippen LogP contribution >= 0.6 is 11.3 Å². The lowest BCUT2D eigenvalue weighted by Crippen LogP contribution is -2.21. The van der Waals surface area contributed by atoms with Crippen molar-refractivity contribution in [1.29, 1.82) is 0 Å². The first-order chi connectivity index (χ1) is 7.80. The zero-order valence-electron chi connectivity index (χ0n) is 8.58. The number of carbonyl (C=O) groups excluding carboxylic acids is 1. The van der Waals surface area contributed by atoms with Crippen molar-refractivity contribution in [3.8, 4) is 0 Å². The third kappa shape index (κ3) is 4.18. The van der Waals surface area contributed by atoms with E-state index in [9.17, 15) is 22.8 Å². The van der Waals surface area contributed by atoms with Crippen molar-refractivity contribution in [1.82, 2.24) is 0 Å². The van der Waals surface area contributed by atoms with Crippen LogP contribution < -0.4 is 0 Å². The Labute approximate surface area is 98.9 Å². The maximum atomic E-state index is 12.1. The first-order valence-corrected chi connectivity index (χ1v) is 5.54. The lowest BCUT2D eigenvalue weighted by molar-refractivity contribution is -0.137. The summed E-state index contributed by atoms with van der Waals surface area (Å²) < 4.78 is 36.2. The molecule has 1 N–H and O–H groups in total.